The van der Waals surface area contributed by atoms with E-state index in [0.29, 0.717) is 0 Å². The zero-order valence-electron chi connectivity index (χ0n) is 9.00. The van der Waals surface area contributed by atoms with Crippen LogP contribution in [-0.4, -0.2) is 48.8 Å². The second-order valence-electron chi connectivity index (χ2n) is 3.67. The van der Waals surface area contributed by atoms with Gasteiger partial charge in [0.1, 0.15) is 0 Å². The average Bonchev–Trinajstić information content (AvgIpc) is 2.76. The van der Waals surface area contributed by atoms with Gasteiger partial charge < -0.3 is 15.7 Å². The van der Waals surface area contributed by atoms with Crippen molar-refractivity contribution in [3.8, 4) is 0 Å². The molecule has 0 spiro atoms. The predicted molar refractivity (Wildman–Crippen MR) is 63.0 cm³/mol. The van der Waals surface area contributed by atoms with Gasteiger partial charge in [0.05, 0.1) is 5.92 Å². The van der Waals surface area contributed by atoms with Crippen molar-refractivity contribution in [2.75, 3.05) is 37.7 Å². The lowest BCUT2D eigenvalue weighted by Crippen LogP contribution is -2.33. The van der Waals surface area contributed by atoms with Crippen molar-refractivity contribution in [3.05, 3.63) is 0 Å². The second-order valence-corrected chi connectivity index (χ2v) is 4.90. The smallest absolute Gasteiger partial charge is 0.224 e. The minimum atomic E-state index is 0.174. The summed E-state index contributed by atoms with van der Waals surface area (Å²) in [5.41, 5.74) is 0. The molecule has 0 saturated carbocycles. The third-order valence-corrected chi connectivity index (χ3v) is 3.49. The minimum Gasteiger partial charge on any atom is -0.396 e. The highest BCUT2D eigenvalue weighted by atomic mass is 32.2. The number of aliphatic hydroxyl groups excluding tert-OH is 1. The summed E-state index contributed by atoms with van der Waals surface area (Å²) < 4.78 is 0. The summed E-state index contributed by atoms with van der Waals surface area (Å²) in [6.45, 7) is 2.78. The van der Waals surface area contributed by atoms with Gasteiger partial charge in [0.2, 0.25) is 5.91 Å². The molecular weight excluding hydrogens is 212 g/mol. The number of hydrogen-bond donors (Lipinski definition) is 3. The molecule has 0 aliphatic carbocycles. The lowest BCUT2D eigenvalue weighted by molar-refractivity contribution is -0.124. The summed E-state index contributed by atoms with van der Waals surface area (Å²) >= 11 is 1.77. The van der Waals surface area contributed by atoms with E-state index in [1.54, 1.807) is 11.8 Å². The van der Waals surface area contributed by atoms with Crippen molar-refractivity contribution in [1.29, 1.82) is 0 Å². The molecule has 1 atom stereocenters. The molecular formula is C10H20N2O2S. The zero-order chi connectivity index (χ0) is 10.9. The van der Waals surface area contributed by atoms with Crippen molar-refractivity contribution in [2.24, 2.45) is 5.92 Å². The van der Waals surface area contributed by atoms with Crippen LogP contribution in [0, 0.1) is 5.92 Å². The van der Waals surface area contributed by atoms with E-state index in [2.05, 4.69) is 10.6 Å². The Bertz CT molecular complexity index is 184. The first-order chi connectivity index (χ1) is 7.34. The molecule has 5 heteroatoms. The number of thioether (sulfide) groups is 1. The fourth-order valence-corrected chi connectivity index (χ4v) is 2.32. The summed E-state index contributed by atoms with van der Waals surface area (Å²) in [6, 6.07) is 0. The summed E-state index contributed by atoms with van der Waals surface area (Å²) in [4.78, 5) is 11.5. The molecule has 1 aliphatic heterocycles. The standard InChI is InChI=1S/C10H20N2O2S/c13-5-1-6-15-7-4-12-10(14)9-2-3-11-8-9/h9,11,13H,1-8H2,(H,12,14). The molecule has 88 valence electrons. The fourth-order valence-electron chi connectivity index (χ4n) is 1.54. The second kappa shape index (κ2) is 7.96. The van der Waals surface area contributed by atoms with Crippen molar-refractivity contribution < 1.29 is 9.90 Å². The molecule has 0 aromatic carbocycles. The van der Waals surface area contributed by atoms with E-state index in [-0.39, 0.29) is 18.4 Å². The minimum absolute atomic E-state index is 0.174. The number of aliphatic hydroxyl groups is 1. The molecule has 1 aliphatic rings. The van der Waals surface area contributed by atoms with Crippen molar-refractivity contribution >= 4 is 17.7 Å². The summed E-state index contributed by atoms with van der Waals surface area (Å²) in [6.07, 6.45) is 1.80. The first-order valence-corrected chi connectivity index (χ1v) is 6.67. The number of rotatable bonds is 7. The topological polar surface area (TPSA) is 61.4 Å². The SMILES string of the molecule is O=C(NCCSCCCO)C1CCNC1. The van der Waals surface area contributed by atoms with Gasteiger partial charge in [0, 0.05) is 25.4 Å². The van der Waals surface area contributed by atoms with Crippen molar-refractivity contribution in [3.63, 3.8) is 0 Å². The van der Waals surface area contributed by atoms with Crippen LogP contribution in [0.5, 0.6) is 0 Å². The van der Waals surface area contributed by atoms with Gasteiger partial charge in [0.15, 0.2) is 0 Å². The molecule has 1 amide bonds. The van der Waals surface area contributed by atoms with E-state index in [0.717, 1.165) is 44.0 Å². The Balaban J connectivity index is 1.92. The average molecular weight is 232 g/mol. The molecule has 0 bridgehead atoms. The third kappa shape index (κ3) is 5.39. The van der Waals surface area contributed by atoms with Gasteiger partial charge in [-0.05, 0) is 25.1 Å². The Labute approximate surface area is 95.2 Å². The molecule has 0 aromatic heterocycles. The third-order valence-electron chi connectivity index (χ3n) is 2.42. The maximum atomic E-state index is 11.5. The van der Waals surface area contributed by atoms with Gasteiger partial charge in [0.25, 0.3) is 0 Å². The van der Waals surface area contributed by atoms with Crippen LogP contribution in [-0.2, 0) is 4.79 Å². The van der Waals surface area contributed by atoms with Crippen molar-refractivity contribution in [1.82, 2.24) is 10.6 Å². The number of nitrogens with one attached hydrogen (secondary N) is 2. The maximum absolute atomic E-state index is 11.5. The van der Waals surface area contributed by atoms with E-state index >= 15 is 0 Å². The quantitative estimate of drug-likeness (QED) is 0.533. The Morgan fingerprint density at radius 2 is 2.40 bits per heavy atom. The molecule has 15 heavy (non-hydrogen) atoms. The highest BCUT2D eigenvalue weighted by Gasteiger charge is 2.21. The van der Waals surface area contributed by atoms with Crippen molar-refractivity contribution in [2.45, 2.75) is 12.8 Å². The van der Waals surface area contributed by atoms with Crippen LogP contribution >= 0.6 is 11.8 Å². The van der Waals surface area contributed by atoms with E-state index in [9.17, 15) is 4.79 Å². The number of amides is 1. The summed E-state index contributed by atoms with van der Waals surface area (Å²) in [7, 11) is 0. The molecule has 4 nitrogen and oxygen atoms in total. The van der Waals surface area contributed by atoms with Crippen LogP contribution in [0.4, 0.5) is 0 Å². The lowest BCUT2D eigenvalue weighted by Gasteiger charge is -2.09. The van der Waals surface area contributed by atoms with Gasteiger partial charge in [-0.1, -0.05) is 0 Å². The van der Waals surface area contributed by atoms with E-state index in [4.69, 9.17) is 5.11 Å². The first kappa shape index (κ1) is 12.8. The van der Waals surface area contributed by atoms with Gasteiger partial charge in [-0.25, -0.2) is 0 Å². The molecule has 1 heterocycles. The highest BCUT2D eigenvalue weighted by Crippen LogP contribution is 2.07. The number of carbonyl (C=O) groups excluding carboxylic acids is 1. The van der Waals surface area contributed by atoms with Crippen LogP contribution in [0.25, 0.3) is 0 Å². The molecule has 0 aromatic rings. The fraction of sp³-hybridized carbons (Fsp3) is 0.900. The maximum Gasteiger partial charge on any atom is 0.224 e. The Hall–Kier alpha value is -0.260. The Kier molecular flexibility index (Phi) is 6.80. The molecule has 0 radical (unpaired) electrons. The van der Waals surface area contributed by atoms with Gasteiger partial charge in [-0.2, -0.15) is 11.8 Å². The van der Waals surface area contributed by atoms with E-state index in [1.807, 2.05) is 0 Å². The highest BCUT2D eigenvalue weighted by molar-refractivity contribution is 7.99. The van der Waals surface area contributed by atoms with E-state index in [1.165, 1.54) is 0 Å². The molecule has 1 saturated heterocycles. The lowest BCUT2D eigenvalue weighted by atomic mass is 10.1. The summed E-state index contributed by atoms with van der Waals surface area (Å²) in [5.74, 6) is 2.26. The van der Waals surface area contributed by atoms with Gasteiger partial charge in [-0.15, -0.1) is 0 Å². The number of carbonyl (C=O) groups is 1. The first-order valence-electron chi connectivity index (χ1n) is 5.51. The molecule has 1 fully saturated rings. The van der Waals surface area contributed by atoms with Crippen LogP contribution < -0.4 is 10.6 Å². The molecule has 1 unspecified atom stereocenters. The van der Waals surface area contributed by atoms with Crippen LogP contribution in [0.15, 0.2) is 0 Å². The Morgan fingerprint density at radius 1 is 1.53 bits per heavy atom. The number of hydrogen-bond acceptors (Lipinski definition) is 4. The van der Waals surface area contributed by atoms with E-state index < -0.39 is 0 Å². The predicted octanol–water partition coefficient (Wildman–Crippen LogP) is -0.172. The van der Waals surface area contributed by atoms with Crippen LogP contribution in [0.2, 0.25) is 0 Å². The molecule has 3 N–H and O–H groups in total. The zero-order valence-corrected chi connectivity index (χ0v) is 9.81. The van der Waals surface area contributed by atoms with Gasteiger partial charge >= 0.3 is 0 Å². The van der Waals surface area contributed by atoms with Crippen LogP contribution in [0.1, 0.15) is 12.8 Å². The summed E-state index contributed by atoms with van der Waals surface area (Å²) in [5, 5.41) is 14.7. The monoisotopic (exact) mass is 232 g/mol. The molecule has 1 rings (SSSR count). The largest absolute Gasteiger partial charge is 0.396 e. The van der Waals surface area contributed by atoms with Gasteiger partial charge in [-0.3, -0.25) is 4.79 Å². The normalized spacial score (nSPS) is 20.5. The Morgan fingerprint density at radius 3 is 3.07 bits per heavy atom. The van der Waals surface area contributed by atoms with Crippen LogP contribution in [0.3, 0.4) is 0 Å².